The van der Waals surface area contributed by atoms with Crippen LogP contribution in [0.2, 0.25) is 0 Å². The molecule has 1 aromatic heterocycles. The Morgan fingerprint density at radius 2 is 2.40 bits per heavy atom. The molecule has 0 saturated carbocycles. The molecule has 0 amide bonds. The molecule has 5 heteroatoms. The van der Waals surface area contributed by atoms with Gasteiger partial charge in [-0.25, -0.2) is 9.78 Å². The van der Waals surface area contributed by atoms with Gasteiger partial charge < -0.3 is 10.0 Å². The number of carboxylic acid groups (broad SMARTS) is 1. The molecule has 0 bridgehead atoms. The van der Waals surface area contributed by atoms with Gasteiger partial charge in [0.2, 0.25) is 0 Å². The van der Waals surface area contributed by atoms with Gasteiger partial charge in [-0.1, -0.05) is 11.3 Å². The third kappa shape index (κ3) is 1.84. The Morgan fingerprint density at radius 1 is 1.67 bits per heavy atom. The van der Waals surface area contributed by atoms with Crippen molar-refractivity contribution in [1.29, 1.82) is 0 Å². The topological polar surface area (TPSA) is 53.4 Å². The van der Waals surface area contributed by atoms with Crippen LogP contribution in [-0.4, -0.2) is 28.1 Å². The van der Waals surface area contributed by atoms with E-state index in [2.05, 4.69) is 23.7 Å². The summed E-state index contributed by atoms with van der Waals surface area (Å²) < 4.78 is 0. The Bertz CT molecular complexity index is 387. The number of rotatable bonds is 2. The number of nitrogens with zero attached hydrogens (tertiary/aromatic N) is 2. The molecule has 1 aliphatic rings. The lowest BCUT2D eigenvalue weighted by atomic mass is 10.0. The van der Waals surface area contributed by atoms with Crippen LogP contribution in [0.1, 0.15) is 36.4 Å². The van der Waals surface area contributed by atoms with Gasteiger partial charge >= 0.3 is 5.97 Å². The lowest BCUT2D eigenvalue weighted by molar-refractivity contribution is 0.0702. The molecule has 4 nitrogen and oxygen atoms in total. The molecule has 0 spiro atoms. The number of aromatic carboxylic acids is 1. The van der Waals surface area contributed by atoms with Crippen molar-refractivity contribution < 1.29 is 9.90 Å². The fourth-order valence-corrected chi connectivity index (χ4v) is 2.89. The Labute approximate surface area is 92.6 Å². The fourth-order valence-electron chi connectivity index (χ4n) is 1.95. The zero-order valence-electron chi connectivity index (χ0n) is 8.86. The molecule has 0 unspecified atom stereocenters. The minimum atomic E-state index is -0.893. The van der Waals surface area contributed by atoms with Gasteiger partial charge in [-0.3, -0.25) is 0 Å². The largest absolute Gasteiger partial charge is 0.477 e. The van der Waals surface area contributed by atoms with Crippen LogP contribution in [0.25, 0.3) is 0 Å². The second-order valence-corrected chi connectivity index (χ2v) is 5.39. The van der Waals surface area contributed by atoms with E-state index in [9.17, 15) is 4.79 Å². The molecular weight excluding hydrogens is 212 g/mol. The summed E-state index contributed by atoms with van der Waals surface area (Å²) in [5.41, 5.74) is 0.105. The third-order valence-corrected chi connectivity index (χ3v) is 3.84. The molecule has 1 saturated heterocycles. The van der Waals surface area contributed by atoms with E-state index in [0.717, 1.165) is 24.5 Å². The maximum atomic E-state index is 10.7. The van der Waals surface area contributed by atoms with Crippen molar-refractivity contribution >= 4 is 22.4 Å². The van der Waals surface area contributed by atoms with E-state index in [1.165, 1.54) is 17.5 Å². The second kappa shape index (κ2) is 3.48. The standard InChI is InChI=1S/C10H14N2O2S/c1-10(2)4-3-5-12(10)9-11-6-7(15-9)8(13)14/h6H,3-5H2,1-2H3,(H,13,14). The number of aromatic nitrogens is 1. The van der Waals surface area contributed by atoms with E-state index in [-0.39, 0.29) is 5.54 Å². The van der Waals surface area contributed by atoms with Crippen LogP contribution in [0, 0.1) is 0 Å². The average Bonchev–Trinajstić information content (AvgIpc) is 2.69. The number of hydrogen-bond donors (Lipinski definition) is 1. The summed E-state index contributed by atoms with van der Waals surface area (Å²) in [7, 11) is 0. The minimum absolute atomic E-state index is 0.105. The summed E-state index contributed by atoms with van der Waals surface area (Å²) in [6, 6.07) is 0. The zero-order valence-corrected chi connectivity index (χ0v) is 9.67. The molecule has 1 aliphatic heterocycles. The number of carboxylic acids is 1. The molecule has 1 N–H and O–H groups in total. The predicted octanol–water partition coefficient (Wildman–Crippen LogP) is 2.22. The van der Waals surface area contributed by atoms with Gasteiger partial charge in [-0.15, -0.1) is 0 Å². The van der Waals surface area contributed by atoms with Crippen LogP contribution in [0.4, 0.5) is 5.13 Å². The maximum absolute atomic E-state index is 10.7. The van der Waals surface area contributed by atoms with E-state index in [4.69, 9.17) is 5.11 Å². The van der Waals surface area contributed by atoms with Crippen LogP contribution < -0.4 is 4.90 Å². The van der Waals surface area contributed by atoms with E-state index < -0.39 is 5.97 Å². The van der Waals surface area contributed by atoms with Crippen LogP contribution >= 0.6 is 11.3 Å². The van der Waals surface area contributed by atoms with Gasteiger partial charge in [-0.05, 0) is 26.7 Å². The van der Waals surface area contributed by atoms with Crippen molar-refractivity contribution in [2.45, 2.75) is 32.2 Å². The summed E-state index contributed by atoms with van der Waals surface area (Å²) in [5.74, 6) is -0.893. The lowest BCUT2D eigenvalue weighted by Crippen LogP contribution is -2.37. The molecular formula is C10H14N2O2S. The lowest BCUT2D eigenvalue weighted by Gasteiger charge is -2.31. The molecule has 2 rings (SSSR count). The van der Waals surface area contributed by atoms with Crippen LogP contribution in [0.15, 0.2) is 6.20 Å². The molecule has 1 aromatic rings. The normalized spacial score (nSPS) is 19.5. The smallest absolute Gasteiger partial charge is 0.347 e. The van der Waals surface area contributed by atoms with Crippen molar-refractivity contribution in [3.63, 3.8) is 0 Å². The van der Waals surface area contributed by atoms with Gasteiger partial charge in [0.25, 0.3) is 0 Å². The van der Waals surface area contributed by atoms with Crippen LogP contribution in [0.3, 0.4) is 0 Å². The first kappa shape index (κ1) is 10.4. The summed E-state index contributed by atoms with van der Waals surface area (Å²) in [6.45, 7) is 5.31. The van der Waals surface area contributed by atoms with Crippen LogP contribution in [-0.2, 0) is 0 Å². The highest BCUT2D eigenvalue weighted by Gasteiger charge is 2.33. The fraction of sp³-hybridized carbons (Fsp3) is 0.600. The molecule has 0 radical (unpaired) electrons. The minimum Gasteiger partial charge on any atom is -0.477 e. The number of thiazole rings is 1. The third-order valence-electron chi connectivity index (χ3n) is 2.84. The first-order chi connectivity index (χ1) is 7.00. The number of carbonyl (C=O) groups is 1. The van der Waals surface area contributed by atoms with E-state index in [1.807, 2.05) is 0 Å². The highest BCUT2D eigenvalue weighted by Crippen LogP contribution is 2.35. The molecule has 0 atom stereocenters. The Morgan fingerprint density at radius 3 is 2.87 bits per heavy atom. The van der Waals surface area contributed by atoms with E-state index in [0.29, 0.717) is 4.88 Å². The Balaban J connectivity index is 2.26. The predicted molar refractivity (Wildman–Crippen MR) is 59.7 cm³/mol. The first-order valence-corrected chi connectivity index (χ1v) is 5.79. The van der Waals surface area contributed by atoms with Gasteiger partial charge in [-0.2, -0.15) is 0 Å². The molecule has 2 heterocycles. The second-order valence-electron chi connectivity index (χ2n) is 4.38. The zero-order chi connectivity index (χ0) is 11.1. The Hall–Kier alpha value is -1.10. The molecule has 1 fully saturated rings. The monoisotopic (exact) mass is 226 g/mol. The maximum Gasteiger partial charge on any atom is 0.347 e. The molecule has 0 aliphatic carbocycles. The number of anilines is 1. The average molecular weight is 226 g/mol. The highest BCUT2D eigenvalue weighted by molar-refractivity contribution is 7.17. The summed E-state index contributed by atoms with van der Waals surface area (Å²) >= 11 is 1.26. The molecule has 0 aromatic carbocycles. The number of hydrogen-bond acceptors (Lipinski definition) is 4. The molecule has 82 valence electrons. The van der Waals surface area contributed by atoms with Gasteiger partial charge in [0.1, 0.15) is 4.88 Å². The van der Waals surface area contributed by atoms with E-state index >= 15 is 0 Å². The first-order valence-electron chi connectivity index (χ1n) is 4.97. The summed E-state index contributed by atoms with van der Waals surface area (Å²) in [4.78, 5) is 17.4. The van der Waals surface area contributed by atoms with Gasteiger partial charge in [0, 0.05) is 12.1 Å². The quantitative estimate of drug-likeness (QED) is 0.840. The Kier molecular flexibility index (Phi) is 2.42. The molecule has 15 heavy (non-hydrogen) atoms. The SMILES string of the molecule is CC1(C)CCCN1c1ncc(C(=O)O)s1. The van der Waals surface area contributed by atoms with Gasteiger partial charge in [0.05, 0.1) is 6.20 Å². The van der Waals surface area contributed by atoms with Crippen molar-refractivity contribution in [1.82, 2.24) is 4.98 Å². The van der Waals surface area contributed by atoms with Crippen molar-refractivity contribution in [2.75, 3.05) is 11.4 Å². The summed E-state index contributed by atoms with van der Waals surface area (Å²) in [6.07, 6.45) is 3.72. The highest BCUT2D eigenvalue weighted by atomic mass is 32.1. The van der Waals surface area contributed by atoms with Gasteiger partial charge in [0.15, 0.2) is 5.13 Å². The van der Waals surface area contributed by atoms with Crippen molar-refractivity contribution in [2.24, 2.45) is 0 Å². The van der Waals surface area contributed by atoms with Crippen molar-refractivity contribution in [3.8, 4) is 0 Å². The van der Waals surface area contributed by atoms with E-state index in [1.54, 1.807) is 0 Å². The van der Waals surface area contributed by atoms with Crippen molar-refractivity contribution in [3.05, 3.63) is 11.1 Å². The van der Waals surface area contributed by atoms with Crippen LogP contribution in [0.5, 0.6) is 0 Å². The summed E-state index contributed by atoms with van der Waals surface area (Å²) in [5, 5.41) is 9.65.